The van der Waals surface area contributed by atoms with E-state index in [9.17, 15) is 13.2 Å². The second-order valence-electron chi connectivity index (χ2n) is 5.92. The number of rotatable bonds is 3. The van der Waals surface area contributed by atoms with Gasteiger partial charge < -0.3 is 4.90 Å². The van der Waals surface area contributed by atoms with Crippen molar-refractivity contribution in [3.8, 4) is 0 Å². The van der Waals surface area contributed by atoms with Gasteiger partial charge in [-0.3, -0.25) is 0 Å². The third-order valence-electron chi connectivity index (χ3n) is 4.03. The quantitative estimate of drug-likeness (QED) is 0.838. The number of fused-ring (bicyclic) bond motifs is 1. The molecule has 9 heteroatoms. The number of nitrogens with zero attached hydrogens (tertiary/aromatic N) is 5. The van der Waals surface area contributed by atoms with E-state index in [-0.39, 0.29) is 5.78 Å². The van der Waals surface area contributed by atoms with E-state index in [0.29, 0.717) is 16.8 Å². The van der Waals surface area contributed by atoms with Crippen LogP contribution in [0.15, 0.2) is 6.07 Å². The predicted octanol–water partition coefficient (Wildman–Crippen LogP) is 3.56. The van der Waals surface area contributed by atoms with Gasteiger partial charge in [0.2, 0.25) is 0 Å². The topological polar surface area (TPSA) is 46.3 Å². The Balaban J connectivity index is 2.02. The van der Waals surface area contributed by atoms with Crippen molar-refractivity contribution in [2.24, 2.45) is 0 Å². The first-order chi connectivity index (χ1) is 11.4. The normalized spacial score (nSPS) is 19.7. The summed E-state index contributed by atoms with van der Waals surface area (Å²) in [7, 11) is 0. The van der Waals surface area contributed by atoms with Crippen LogP contribution in [-0.2, 0) is 6.18 Å². The van der Waals surface area contributed by atoms with Gasteiger partial charge in [-0.25, -0.2) is 4.98 Å². The van der Waals surface area contributed by atoms with E-state index < -0.39 is 12.0 Å². The summed E-state index contributed by atoms with van der Waals surface area (Å²) in [4.78, 5) is 9.79. The molecule has 1 atom stereocenters. The van der Waals surface area contributed by atoms with Crippen LogP contribution in [0.5, 0.6) is 0 Å². The number of hydrogen-bond acceptors (Lipinski definition) is 5. The van der Waals surface area contributed by atoms with Crippen molar-refractivity contribution < 1.29 is 13.2 Å². The number of halogens is 3. The summed E-state index contributed by atoms with van der Waals surface area (Å²) in [5, 5.41) is 4.15. The molecule has 1 aliphatic rings. The molecular formula is C15H20F3N5S. The van der Waals surface area contributed by atoms with Crippen molar-refractivity contribution in [3.63, 3.8) is 0 Å². The zero-order valence-electron chi connectivity index (χ0n) is 13.7. The molecule has 2 aromatic rings. The summed E-state index contributed by atoms with van der Waals surface area (Å²) >= 11 is 1.90. The summed E-state index contributed by atoms with van der Waals surface area (Å²) in [6.45, 7) is 5.50. The molecule has 0 radical (unpaired) electrons. The van der Waals surface area contributed by atoms with Crippen LogP contribution in [0.1, 0.15) is 37.7 Å². The molecular weight excluding hydrogens is 339 g/mol. The van der Waals surface area contributed by atoms with Crippen molar-refractivity contribution in [1.82, 2.24) is 19.6 Å². The molecule has 0 saturated carbocycles. The highest BCUT2D eigenvalue weighted by Crippen LogP contribution is 2.29. The van der Waals surface area contributed by atoms with E-state index in [0.717, 1.165) is 38.1 Å². The highest BCUT2D eigenvalue weighted by molar-refractivity contribution is 7.99. The van der Waals surface area contributed by atoms with Gasteiger partial charge in [-0.1, -0.05) is 13.3 Å². The molecule has 1 fully saturated rings. The fraction of sp³-hybridized carbons (Fsp3) is 0.667. The van der Waals surface area contributed by atoms with E-state index in [1.165, 1.54) is 4.52 Å². The Hall–Kier alpha value is -1.51. The SMILES string of the molecule is CCSC1CCCCN(c2cc(C)nc3nc(C(F)(F)F)nn23)C1. The average Bonchev–Trinajstić information content (AvgIpc) is 2.80. The molecule has 0 aliphatic carbocycles. The van der Waals surface area contributed by atoms with E-state index in [1.807, 2.05) is 11.8 Å². The second-order valence-corrected chi connectivity index (χ2v) is 7.50. The minimum absolute atomic E-state index is 0.00117. The number of thioether (sulfide) groups is 1. The van der Waals surface area contributed by atoms with Gasteiger partial charge in [-0.15, -0.1) is 5.10 Å². The van der Waals surface area contributed by atoms with Gasteiger partial charge in [0.05, 0.1) is 0 Å². The maximum Gasteiger partial charge on any atom is 0.453 e. The lowest BCUT2D eigenvalue weighted by molar-refractivity contribution is -0.144. The summed E-state index contributed by atoms with van der Waals surface area (Å²) in [6.07, 6.45) is -1.29. The number of anilines is 1. The lowest BCUT2D eigenvalue weighted by Crippen LogP contribution is -2.31. The van der Waals surface area contributed by atoms with Crippen molar-refractivity contribution in [2.75, 3.05) is 23.7 Å². The molecule has 132 valence electrons. The molecule has 1 unspecified atom stereocenters. The molecule has 3 rings (SSSR count). The smallest absolute Gasteiger partial charge is 0.355 e. The minimum Gasteiger partial charge on any atom is -0.355 e. The third kappa shape index (κ3) is 3.60. The van der Waals surface area contributed by atoms with Crippen LogP contribution >= 0.6 is 11.8 Å². The largest absolute Gasteiger partial charge is 0.453 e. The van der Waals surface area contributed by atoms with Gasteiger partial charge >= 0.3 is 6.18 Å². The van der Waals surface area contributed by atoms with E-state index >= 15 is 0 Å². The van der Waals surface area contributed by atoms with Crippen LogP contribution in [0.3, 0.4) is 0 Å². The van der Waals surface area contributed by atoms with Crippen LogP contribution in [0.2, 0.25) is 0 Å². The highest BCUT2D eigenvalue weighted by atomic mass is 32.2. The summed E-state index contributed by atoms with van der Waals surface area (Å²) < 4.78 is 40.1. The Morgan fingerprint density at radius 2 is 2.08 bits per heavy atom. The Morgan fingerprint density at radius 1 is 1.29 bits per heavy atom. The van der Waals surface area contributed by atoms with E-state index in [4.69, 9.17) is 0 Å². The molecule has 0 amide bonds. The second kappa shape index (κ2) is 6.78. The Kier molecular flexibility index (Phi) is 4.89. The van der Waals surface area contributed by atoms with Crippen LogP contribution in [0.25, 0.3) is 5.78 Å². The van der Waals surface area contributed by atoms with Gasteiger partial charge in [0, 0.05) is 30.1 Å². The van der Waals surface area contributed by atoms with Crippen molar-refractivity contribution >= 4 is 23.4 Å². The summed E-state index contributed by atoms with van der Waals surface area (Å²) in [5.74, 6) is 0.534. The first kappa shape index (κ1) is 17.3. The third-order valence-corrected chi connectivity index (χ3v) is 5.22. The van der Waals surface area contributed by atoms with Crippen molar-refractivity contribution in [3.05, 3.63) is 17.6 Å². The molecule has 1 aliphatic heterocycles. The van der Waals surface area contributed by atoms with E-state index in [1.54, 1.807) is 13.0 Å². The molecule has 2 aromatic heterocycles. The molecule has 1 saturated heterocycles. The van der Waals surface area contributed by atoms with Gasteiger partial charge in [0.25, 0.3) is 11.6 Å². The zero-order valence-corrected chi connectivity index (χ0v) is 14.5. The molecule has 0 aromatic carbocycles. The maximum absolute atomic E-state index is 12.9. The number of aromatic nitrogens is 4. The highest BCUT2D eigenvalue weighted by Gasteiger charge is 2.37. The fourth-order valence-corrected chi connectivity index (χ4v) is 4.09. The Bertz CT molecular complexity index is 715. The molecule has 24 heavy (non-hydrogen) atoms. The first-order valence-corrected chi connectivity index (χ1v) is 9.11. The van der Waals surface area contributed by atoms with Crippen LogP contribution in [-0.4, -0.2) is 43.7 Å². The average molecular weight is 359 g/mol. The number of hydrogen-bond donors (Lipinski definition) is 0. The lowest BCUT2D eigenvalue weighted by Gasteiger charge is -2.26. The van der Waals surface area contributed by atoms with Gasteiger partial charge in [-0.05, 0) is 25.5 Å². The van der Waals surface area contributed by atoms with Gasteiger partial charge in [-0.2, -0.15) is 34.4 Å². The van der Waals surface area contributed by atoms with Crippen LogP contribution in [0.4, 0.5) is 19.0 Å². The zero-order chi connectivity index (χ0) is 17.3. The molecule has 0 bridgehead atoms. The number of alkyl halides is 3. The molecule has 3 heterocycles. The maximum atomic E-state index is 12.9. The van der Waals surface area contributed by atoms with Crippen LogP contribution in [0, 0.1) is 6.92 Å². The predicted molar refractivity (Wildman–Crippen MR) is 88.5 cm³/mol. The Labute approximate surface area is 142 Å². The molecule has 0 spiro atoms. The lowest BCUT2D eigenvalue weighted by atomic mass is 10.2. The first-order valence-electron chi connectivity index (χ1n) is 8.06. The molecule has 5 nitrogen and oxygen atoms in total. The standard InChI is InChI=1S/C15H20F3N5S/c1-3-24-11-6-4-5-7-22(9-11)12-8-10(2)19-14-20-13(15(16,17)18)21-23(12)14/h8,11H,3-7,9H2,1-2H3. The van der Waals surface area contributed by atoms with E-state index in [2.05, 4.69) is 26.9 Å². The molecule has 0 N–H and O–H groups in total. The van der Waals surface area contributed by atoms with Gasteiger partial charge in [0.1, 0.15) is 5.82 Å². The van der Waals surface area contributed by atoms with Crippen molar-refractivity contribution in [2.45, 2.75) is 44.5 Å². The monoisotopic (exact) mass is 359 g/mol. The number of aryl methyl sites for hydroxylation is 1. The van der Waals surface area contributed by atoms with Gasteiger partial charge in [0.15, 0.2) is 0 Å². The fourth-order valence-electron chi connectivity index (χ4n) is 3.00. The summed E-state index contributed by atoms with van der Waals surface area (Å²) in [5.41, 5.74) is 0.641. The summed E-state index contributed by atoms with van der Waals surface area (Å²) in [6, 6.07) is 1.79. The Morgan fingerprint density at radius 3 is 2.79 bits per heavy atom. The minimum atomic E-state index is -4.57. The van der Waals surface area contributed by atoms with Crippen molar-refractivity contribution in [1.29, 1.82) is 0 Å². The van der Waals surface area contributed by atoms with Crippen LogP contribution < -0.4 is 4.90 Å².